The fraction of sp³-hybridized carbons (Fsp3) is 0.400. The van der Waals surface area contributed by atoms with Crippen molar-refractivity contribution in [3.8, 4) is 0 Å². The van der Waals surface area contributed by atoms with Crippen molar-refractivity contribution in [2.75, 3.05) is 6.54 Å². The van der Waals surface area contributed by atoms with Gasteiger partial charge in [-0.3, -0.25) is 9.48 Å². The molecule has 1 aromatic rings. The Morgan fingerprint density at radius 1 is 1.73 bits per heavy atom. The van der Waals surface area contributed by atoms with Crippen LogP contribution in [0.4, 0.5) is 4.79 Å². The van der Waals surface area contributed by atoms with Gasteiger partial charge in [0.05, 0.1) is 6.54 Å². The highest BCUT2D eigenvalue weighted by molar-refractivity contribution is 14.1. The second-order valence-electron chi connectivity index (χ2n) is 1.86. The van der Waals surface area contributed by atoms with Gasteiger partial charge >= 0.3 is 0 Å². The quantitative estimate of drug-likeness (QED) is 0.490. The molecule has 1 aromatic heterocycles. The molecule has 0 aliphatic rings. The van der Waals surface area contributed by atoms with Crippen LogP contribution in [0, 0.1) is 0 Å². The van der Waals surface area contributed by atoms with Crippen molar-refractivity contribution in [1.82, 2.24) is 20.1 Å². The number of hydrogen-bond acceptors (Lipinski definition) is 3. The van der Waals surface area contributed by atoms with Gasteiger partial charge < -0.3 is 5.32 Å². The number of hydrogen-bond donors (Lipinski definition) is 1. The smallest absolute Gasteiger partial charge is 0.280 e. The summed E-state index contributed by atoms with van der Waals surface area (Å²) in [6.45, 7) is 1.25. The van der Waals surface area contributed by atoms with E-state index in [1.165, 1.54) is 6.33 Å². The molecule has 0 atom stereocenters. The summed E-state index contributed by atoms with van der Waals surface area (Å²) in [5.74, 6) is 0. The molecule has 5 nitrogen and oxygen atoms in total. The predicted molar refractivity (Wildman–Crippen MR) is 47.4 cm³/mol. The summed E-state index contributed by atoms with van der Waals surface area (Å²) < 4.78 is 1.61. The van der Waals surface area contributed by atoms with Crippen molar-refractivity contribution in [3.05, 3.63) is 12.7 Å². The molecule has 6 heteroatoms. The largest absolute Gasteiger partial charge is 0.346 e. The van der Waals surface area contributed by atoms with Gasteiger partial charge in [0.25, 0.3) is 3.91 Å². The van der Waals surface area contributed by atoms with Crippen LogP contribution in [0.5, 0.6) is 0 Å². The number of aromatic nitrogens is 3. The summed E-state index contributed by atoms with van der Waals surface area (Å²) in [5.41, 5.74) is 0. The molecule has 0 saturated carbocycles. The molecule has 0 fully saturated rings. The summed E-state index contributed by atoms with van der Waals surface area (Å²) in [6.07, 6.45) is 3.07. The van der Waals surface area contributed by atoms with Gasteiger partial charge in [-0.2, -0.15) is 5.10 Å². The zero-order valence-electron chi connectivity index (χ0n) is 5.70. The summed E-state index contributed by atoms with van der Waals surface area (Å²) in [4.78, 5) is 14.2. The van der Waals surface area contributed by atoms with E-state index >= 15 is 0 Å². The van der Waals surface area contributed by atoms with Crippen LogP contribution in [-0.2, 0) is 6.54 Å². The summed E-state index contributed by atoms with van der Waals surface area (Å²) in [6, 6.07) is 0. The third-order valence-electron chi connectivity index (χ3n) is 1.07. The van der Waals surface area contributed by atoms with Crippen LogP contribution >= 0.6 is 22.6 Å². The molecule has 0 saturated heterocycles. The molecule has 0 unspecified atom stereocenters. The van der Waals surface area contributed by atoms with E-state index in [4.69, 9.17) is 0 Å². The molecule has 1 amide bonds. The molecular formula is C5H7IN4O. The van der Waals surface area contributed by atoms with Crippen molar-refractivity contribution in [2.24, 2.45) is 0 Å². The number of nitrogens with zero attached hydrogens (tertiary/aromatic N) is 3. The highest BCUT2D eigenvalue weighted by Gasteiger charge is 1.92. The van der Waals surface area contributed by atoms with Crippen LogP contribution in [0.1, 0.15) is 0 Å². The molecule has 60 valence electrons. The molecule has 1 heterocycles. The Bertz CT molecular complexity index is 222. The maximum atomic E-state index is 10.4. The van der Waals surface area contributed by atoms with Crippen molar-refractivity contribution < 1.29 is 4.79 Å². The van der Waals surface area contributed by atoms with Crippen LogP contribution in [-0.4, -0.2) is 25.2 Å². The average Bonchev–Trinajstić information content (AvgIpc) is 2.39. The van der Waals surface area contributed by atoms with Crippen molar-refractivity contribution in [3.63, 3.8) is 0 Å². The number of nitrogens with one attached hydrogen (secondary N) is 1. The second-order valence-corrected chi connectivity index (χ2v) is 2.84. The Kier molecular flexibility index (Phi) is 3.27. The molecule has 1 N–H and O–H groups in total. The minimum absolute atomic E-state index is 0.0530. The van der Waals surface area contributed by atoms with Gasteiger partial charge in [-0.05, 0) is 0 Å². The maximum absolute atomic E-state index is 10.4. The number of halogens is 1. The van der Waals surface area contributed by atoms with Gasteiger partial charge in [0, 0.05) is 29.1 Å². The first-order chi connectivity index (χ1) is 5.29. The van der Waals surface area contributed by atoms with Gasteiger partial charge in [-0.25, -0.2) is 4.98 Å². The predicted octanol–water partition coefficient (Wildman–Crippen LogP) is 0.423. The molecule has 0 spiro atoms. The Balaban J connectivity index is 2.19. The minimum atomic E-state index is -0.0530. The zero-order chi connectivity index (χ0) is 8.10. The molecule has 0 bridgehead atoms. The van der Waals surface area contributed by atoms with E-state index in [1.54, 1.807) is 33.6 Å². The Morgan fingerprint density at radius 2 is 2.55 bits per heavy atom. The van der Waals surface area contributed by atoms with Gasteiger partial charge in [0.15, 0.2) is 0 Å². The van der Waals surface area contributed by atoms with Gasteiger partial charge in [0.1, 0.15) is 12.7 Å². The summed E-state index contributed by atoms with van der Waals surface area (Å²) >= 11 is 1.69. The highest BCUT2D eigenvalue weighted by Crippen LogP contribution is 1.83. The van der Waals surface area contributed by atoms with E-state index in [0.717, 1.165) is 0 Å². The molecular weight excluding hydrogens is 259 g/mol. The van der Waals surface area contributed by atoms with E-state index in [0.29, 0.717) is 13.1 Å². The van der Waals surface area contributed by atoms with Crippen LogP contribution in [0.3, 0.4) is 0 Å². The summed E-state index contributed by atoms with van der Waals surface area (Å²) in [7, 11) is 0. The normalized spacial score (nSPS) is 9.55. The van der Waals surface area contributed by atoms with Crippen LogP contribution in [0.15, 0.2) is 12.7 Å². The van der Waals surface area contributed by atoms with E-state index < -0.39 is 0 Å². The third kappa shape index (κ3) is 3.30. The molecule has 1 rings (SSSR count). The zero-order valence-corrected chi connectivity index (χ0v) is 7.85. The third-order valence-corrected chi connectivity index (χ3v) is 1.45. The van der Waals surface area contributed by atoms with Gasteiger partial charge in [0.2, 0.25) is 0 Å². The van der Waals surface area contributed by atoms with E-state index in [-0.39, 0.29) is 3.91 Å². The first kappa shape index (κ1) is 8.44. The van der Waals surface area contributed by atoms with Gasteiger partial charge in [-0.1, -0.05) is 0 Å². The van der Waals surface area contributed by atoms with Crippen molar-refractivity contribution >= 4 is 26.5 Å². The van der Waals surface area contributed by atoms with Crippen LogP contribution in [0.25, 0.3) is 0 Å². The average molecular weight is 266 g/mol. The fourth-order valence-corrected chi connectivity index (χ4v) is 0.887. The maximum Gasteiger partial charge on any atom is 0.280 e. The summed E-state index contributed by atoms with van der Waals surface area (Å²) in [5, 5.41) is 6.51. The Morgan fingerprint density at radius 3 is 3.09 bits per heavy atom. The van der Waals surface area contributed by atoms with Crippen LogP contribution < -0.4 is 5.32 Å². The lowest BCUT2D eigenvalue weighted by atomic mass is 10.6. The number of rotatable bonds is 3. The lowest BCUT2D eigenvalue weighted by molar-refractivity contribution is 0.262. The number of carbonyl (C=O) groups excluding carboxylic acids is 1. The monoisotopic (exact) mass is 266 g/mol. The molecule has 0 aliphatic carbocycles. The van der Waals surface area contributed by atoms with E-state index in [1.807, 2.05) is 0 Å². The van der Waals surface area contributed by atoms with Crippen LogP contribution in [0.2, 0.25) is 0 Å². The Hall–Kier alpha value is -0.660. The minimum Gasteiger partial charge on any atom is -0.346 e. The highest BCUT2D eigenvalue weighted by atomic mass is 127. The Labute approximate surface area is 77.3 Å². The lowest BCUT2D eigenvalue weighted by Crippen LogP contribution is -2.21. The first-order valence-corrected chi connectivity index (χ1v) is 4.12. The second kappa shape index (κ2) is 4.27. The van der Waals surface area contributed by atoms with Crippen molar-refractivity contribution in [1.29, 1.82) is 0 Å². The first-order valence-electron chi connectivity index (χ1n) is 3.05. The van der Waals surface area contributed by atoms with E-state index in [9.17, 15) is 4.79 Å². The molecule has 11 heavy (non-hydrogen) atoms. The lowest BCUT2D eigenvalue weighted by Gasteiger charge is -1.99. The standard InChI is InChI=1S/C5H7IN4O/c6-5(11)8-1-2-10-4-7-3-9-10/h3-4H,1-2H2,(H,8,11). The molecule has 0 aliphatic heterocycles. The van der Waals surface area contributed by atoms with Gasteiger partial charge in [-0.15, -0.1) is 0 Å². The topological polar surface area (TPSA) is 59.8 Å². The van der Waals surface area contributed by atoms with Crippen molar-refractivity contribution in [2.45, 2.75) is 6.54 Å². The fourth-order valence-electron chi connectivity index (χ4n) is 0.617. The number of amides is 1. The number of carbonyl (C=O) groups is 1. The molecule has 0 aromatic carbocycles. The SMILES string of the molecule is O=C(I)NCCn1cncn1. The van der Waals surface area contributed by atoms with E-state index in [2.05, 4.69) is 15.4 Å². The molecule has 0 radical (unpaired) electrons.